The molecule has 0 spiro atoms. The van der Waals surface area contributed by atoms with Gasteiger partial charge >= 0.3 is 6.09 Å². The molecule has 0 N–H and O–H groups in total. The van der Waals surface area contributed by atoms with Crippen molar-refractivity contribution in [2.24, 2.45) is 0 Å². The van der Waals surface area contributed by atoms with Gasteiger partial charge in [0.2, 0.25) is 0 Å². The van der Waals surface area contributed by atoms with Crippen LogP contribution < -0.4 is 4.90 Å². The van der Waals surface area contributed by atoms with E-state index in [1.54, 1.807) is 21.9 Å². The average Bonchev–Trinajstić information content (AvgIpc) is 3.04. The minimum atomic E-state index is -0.379. The molecule has 0 atom stereocenters. The first kappa shape index (κ1) is 17.5. The summed E-state index contributed by atoms with van der Waals surface area (Å²) in [6.07, 6.45) is 2.44. The van der Waals surface area contributed by atoms with E-state index in [0.29, 0.717) is 43.9 Å². The van der Waals surface area contributed by atoms with E-state index in [0.717, 1.165) is 25.9 Å². The molecule has 2 aliphatic heterocycles. The number of ether oxygens (including phenoxy) is 1. The van der Waals surface area contributed by atoms with Crippen LogP contribution in [0.25, 0.3) is 0 Å². The number of hydrogen-bond acceptors (Lipinski definition) is 4. The number of anilines is 1. The van der Waals surface area contributed by atoms with Crippen molar-refractivity contribution in [3.63, 3.8) is 0 Å². The lowest BCUT2D eigenvalue weighted by Crippen LogP contribution is -2.37. The van der Waals surface area contributed by atoms with Crippen molar-refractivity contribution in [2.45, 2.75) is 19.3 Å². The molecule has 2 fully saturated rings. The topological polar surface area (TPSA) is 53.1 Å². The van der Waals surface area contributed by atoms with Crippen molar-refractivity contribution in [3.05, 3.63) is 29.6 Å². The molecule has 2 aliphatic rings. The van der Waals surface area contributed by atoms with Gasteiger partial charge in [0, 0.05) is 44.8 Å². The van der Waals surface area contributed by atoms with E-state index in [1.807, 2.05) is 4.90 Å². The highest BCUT2D eigenvalue weighted by Crippen LogP contribution is 2.25. The maximum atomic E-state index is 14.4. The maximum absolute atomic E-state index is 14.4. The minimum absolute atomic E-state index is 0.196. The van der Waals surface area contributed by atoms with E-state index in [9.17, 15) is 14.0 Å². The molecule has 136 valence electrons. The minimum Gasteiger partial charge on any atom is -0.453 e. The fourth-order valence-corrected chi connectivity index (χ4v) is 3.47. The second-order valence-electron chi connectivity index (χ2n) is 6.46. The van der Waals surface area contributed by atoms with Crippen LogP contribution in [-0.2, 0) is 4.74 Å². The molecule has 0 radical (unpaired) electrons. The third-order valence-corrected chi connectivity index (χ3v) is 4.86. The third kappa shape index (κ3) is 3.86. The number of hydrogen-bond donors (Lipinski definition) is 0. The van der Waals surface area contributed by atoms with Crippen molar-refractivity contribution in [1.82, 2.24) is 9.80 Å². The Morgan fingerprint density at radius 1 is 0.960 bits per heavy atom. The lowest BCUT2D eigenvalue weighted by atomic mass is 10.1. The summed E-state index contributed by atoms with van der Waals surface area (Å²) in [4.78, 5) is 29.6. The molecule has 0 bridgehead atoms. The normalized spacial score (nSPS) is 18.2. The van der Waals surface area contributed by atoms with Gasteiger partial charge < -0.3 is 19.4 Å². The lowest BCUT2D eigenvalue weighted by molar-refractivity contribution is 0.0756. The van der Waals surface area contributed by atoms with Gasteiger partial charge in [-0.05, 0) is 37.5 Å². The van der Waals surface area contributed by atoms with Crippen molar-refractivity contribution >= 4 is 17.7 Å². The van der Waals surface area contributed by atoms with E-state index in [2.05, 4.69) is 0 Å². The van der Waals surface area contributed by atoms with Gasteiger partial charge in [-0.2, -0.15) is 0 Å². The Labute approximate surface area is 147 Å². The number of carbonyl (C=O) groups excluding carboxylic acids is 2. The van der Waals surface area contributed by atoms with E-state index in [-0.39, 0.29) is 17.8 Å². The summed E-state index contributed by atoms with van der Waals surface area (Å²) in [5.74, 6) is -0.544. The second kappa shape index (κ2) is 7.72. The Hall–Kier alpha value is -2.31. The number of halogens is 1. The number of amides is 2. The van der Waals surface area contributed by atoms with Gasteiger partial charge in [0.15, 0.2) is 0 Å². The Bertz CT molecular complexity index is 646. The van der Waals surface area contributed by atoms with Crippen molar-refractivity contribution < 1.29 is 18.7 Å². The van der Waals surface area contributed by atoms with Gasteiger partial charge in [-0.3, -0.25) is 4.79 Å². The van der Waals surface area contributed by atoms with E-state index < -0.39 is 0 Å². The largest absolute Gasteiger partial charge is 0.453 e. The van der Waals surface area contributed by atoms with Gasteiger partial charge in [0.1, 0.15) is 5.82 Å². The summed E-state index contributed by atoms with van der Waals surface area (Å²) >= 11 is 0. The summed E-state index contributed by atoms with van der Waals surface area (Å²) in [7, 11) is 1.35. The van der Waals surface area contributed by atoms with Gasteiger partial charge in [-0.1, -0.05) is 0 Å². The van der Waals surface area contributed by atoms with Gasteiger partial charge in [-0.25, -0.2) is 9.18 Å². The Kier molecular flexibility index (Phi) is 5.40. The molecule has 2 heterocycles. The van der Waals surface area contributed by atoms with E-state index in [4.69, 9.17) is 4.74 Å². The Morgan fingerprint density at radius 2 is 1.64 bits per heavy atom. The monoisotopic (exact) mass is 349 g/mol. The molecular formula is C18H24FN3O3. The molecule has 6 nitrogen and oxygen atoms in total. The fourth-order valence-electron chi connectivity index (χ4n) is 3.47. The standard InChI is InChI=1S/C18H24FN3O3/c1-25-18(24)22-10-4-9-21(11-12-22)17(23)14-5-6-16(15(19)13-14)20-7-2-3-8-20/h5-6,13H,2-4,7-12H2,1H3. The molecule has 0 aromatic heterocycles. The van der Waals surface area contributed by atoms with Crippen LogP contribution in [0, 0.1) is 5.82 Å². The van der Waals surface area contributed by atoms with Crippen LogP contribution in [0.4, 0.5) is 14.9 Å². The number of nitrogens with zero attached hydrogens (tertiary/aromatic N) is 3. The highest BCUT2D eigenvalue weighted by atomic mass is 19.1. The van der Waals surface area contributed by atoms with Gasteiger partial charge in [0.25, 0.3) is 5.91 Å². The highest BCUT2D eigenvalue weighted by molar-refractivity contribution is 5.94. The highest BCUT2D eigenvalue weighted by Gasteiger charge is 2.24. The van der Waals surface area contributed by atoms with Crippen LogP contribution in [0.1, 0.15) is 29.6 Å². The van der Waals surface area contributed by atoms with E-state index in [1.165, 1.54) is 13.2 Å². The van der Waals surface area contributed by atoms with Crippen LogP contribution in [0.15, 0.2) is 18.2 Å². The van der Waals surface area contributed by atoms with Crippen molar-refractivity contribution in [2.75, 3.05) is 51.3 Å². The summed E-state index contributed by atoms with van der Waals surface area (Å²) < 4.78 is 19.2. The van der Waals surface area contributed by atoms with Gasteiger partial charge in [-0.15, -0.1) is 0 Å². The number of benzene rings is 1. The second-order valence-corrected chi connectivity index (χ2v) is 6.46. The predicted molar refractivity (Wildman–Crippen MR) is 92.3 cm³/mol. The number of methoxy groups -OCH3 is 1. The van der Waals surface area contributed by atoms with Crippen molar-refractivity contribution in [1.29, 1.82) is 0 Å². The van der Waals surface area contributed by atoms with Crippen molar-refractivity contribution in [3.8, 4) is 0 Å². The summed E-state index contributed by atoms with van der Waals surface area (Å²) in [6, 6.07) is 4.73. The third-order valence-electron chi connectivity index (χ3n) is 4.86. The first-order chi connectivity index (χ1) is 12.1. The first-order valence-electron chi connectivity index (χ1n) is 8.77. The Balaban J connectivity index is 1.68. The summed E-state index contributed by atoms with van der Waals surface area (Å²) in [6.45, 7) is 3.66. The molecule has 1 aromatic rings. The van der Waals surface area contributed by atoms with Gasteiger partial charge in [0.05, 0.1) is 12.8 Å². The average molecular weight is 349 g/mol. The summed E-state index contributed by atoms with van der Waals surface area (Å²) in [5.41, 5.74) is 0.925. The van der Waals surface area contributed by atoms with Crippen LogP contribution in [0.3, 0.4) is 0 Å². The molecule has 0 saturated carbocycles. The zero-order valence-electron chi connectivity index (χ0n) is 14.5. The van der Waals surface area contributed by atoms with Crippen LogP contribution in [0.5, 0.6) is 0 Å². The molecule has 25 heavy (non-hydrogen) atoms. The molecule has 2 amide bonds. The smallest absolute Gasteiger partial charge is 0.409 e. The van der Waals surface area contributed by atoms with Crippen LogP contribution in [0.2, 0.25) is 0 Å². The Morgan fingerprint density at radius 3 is 2.32 bits per heavy atom. The molecular weight excluding hydrogens is 325 g/mol. The molecule has 7 heteroatoms. The fraction of sp³-hybridized carbons (Fsp3) is 0.556. The van der Waals surface area contributed by atoms with Crippen LogP contribution >= 0.6 is 0 Å². The van der Waals surface area contributed by atoms with E-state index >= 15 is 0 Å². The first-order valence-corrected chi connectivity index (χ1v) is 8.77. The maximum Gasteiger partial charge on any atom is 0.409 e. The summed E-state index contributed by atoms with van der Waals surface area (Å²) in [5, 5.41) is 0. The molecule has 0 aliphatic carbocycles. The molecule has 0 unspecified atom stereocenters. The number of rotatable bonds is 2. The number of carbonyl (C=O) groups is 2. The molecule has 2 saturated heterocycles. The van der Waals surface area contributed by atoms with Crippen LogP contribution in [-0.4, -0.2) is 68.2 Å². The molecule has 1 aromatic carbocycles. The zero-order valence-corrected chi connectivity index (χ0v) is 14.5. The predicted octanol–water partition coefficient (Wildman–Crippen LogP) is 2.34. The quantitative estimate of drug-likeness (QED) is 0.822. The lowest BCUT2D eigenvalue weighted by Gasteiger charge is -2.22. The SMILES string of the molecule is COC(=O)N1CCCN(C(=O)c2ccc(N3CCCC3)c(F)c2)CC1. The zero-order chi connectivity index (χ0) is 17.8. The molecule has 3 rings (SSSR count).